The van der Waals surface area contributed by atoms with Gasteiger partial charge in [0, 0.05) is 24.6 Å². The van der Waals surface area contributed by atoms with Crippen molar-refractivity contribution in [2.24, 2.45) is 17.4 Å². The van der Waals surface area contributed by atoms with E-state index in [0.717, 1.165) is 22.3 Å². The number of rotatable bonds is 10. The second-order valence-electron chi connectivity index (χ2n) is 8.93. The van der Waals surface area contributed by atoms with E-state index in [4.69, 9.17) is 16.6 Å². The molecule has 0 aliphatic heterocycles. The molecule has 0 aliphatic rings. The molecule has 1 amide bonds. The molecule has 3 aromatic rings. The number of nitrogens with two attached hydrogens (primary N) is 2. The molecule has 0 radical (unpaired) electrons. The Morgan fingerprint density at radius 3 is 1.88 bits per heavy atom. The van der Waals surface area contributed by atoms with Crippen LogP contribution >= 0.6 is 0 Å². The molecule has 0 aromatic heterocycles. The Balaban J connectivity index is 1.63. The first-order valence-corrected chi connectivity index (χ1v) is 11.5. The molecule has 6 nitrogen and oxygen atoms in total. The standard InChI is InChI=1S/C28H33N3O3/c1-18(2)25(23-13-11-22(12-14-23)21-7-5-20(16-29)6-8-21)17-31-27(32)24-9-3-19(4-10-24)15-26(30)28(33)34/h3-14,18,25-26H,15-17,29-30H2,1-2H3,(H,31,32)(H,33,34)/t25-,26-/m1/s1. The molecule has 0 aliphatic carbocycles. The van der Waals surface area contributed by atoms with Crippen molar-refractivity contribution in [3.05, 3.63) is 95.1 Å². The van der Waals surface area contributed by atoms with Crippen LogP contribution in [0.4, 0.5) is 0 Å². The first kappa shape index (κ1) is 25.1. The molecule has 0 saturated carbocycles. The molecule has 0 heterocycles. The number of carboxylic acids is 1. The van der Waals surface area contributed by atoms with E-state index in [9.17, 15) is 9.59 Å². The molecule has 2 atom stereocenters. The Bertz CT molecular complexity index is 1090. The van der Waals surface area contributed by atoms with Crippen molar-refractivity contribution in [3.63, 3.8) is 0 Å². The molecule has 0 spiro atoms. The average molecular weight is 460 g/mol. The summed E-state index contributed by atoms with van der Waals surface area (Å²) in [5.74, 6) is -0.684. The molecule has 0 fully saturated rings. The Kier molecular flexibility index (Phi) is 8.57. The molecule has 34 heavy (non-hydrogen) atoms. The fourth-order valence-electron chi connectivity index (χ4n) is 3.93. The minimum atomic E-state index is -1.04. The van der Waals surface area contributed by atoms with E-state index in [1.54, 1.807) is 24.3 Å². The minimum Gasteiger partial charge on any atom is -0.480 e. The van der Waals surface area contributed by atoms with Crippen molar-refractivity contribution in [2.75, 3.05) is 6.54 Å². The van der Waals surface area contributed by atoms with Gasteiger partial charge in [-0.1, -0.05) is 74.5 Å². The van der Waals surface area contributed by atoms with Crippen LogP contribution in [0.5, 0.6) is 0 Å². The highest BCUT2D eigenvalue weighted by Crippen LogP contribution is 2.27. The molecule has 0 unspecified atom stereocenters. The highest BCUT2D eigenvalue weighted by atomic mass is 16.4. The van der Waals surface area contributed by atoms with E-state index in [0.29, 0.717) is 24.6 Å². The molecule has 0 saturated heterocycles. The van der Waals surface area contributed by atoms with Crippen LogP contribution in [-0.4, -0.2) is 29.6 Å². The maximum atomic E-state index is 12.7. The number of carbonyl (C=O) groups is 2. The molecular weight excluding hydrogens is 426 g/mol. The van der Waals surface area contributed by atoms with Gasteiger partial charge in [0.05, 0.1) is 0 Å². The largest absolute Gasteiger partial charge is 0.480 e. The van der Waals surface area contributed by atoms with Gasteiger partial charge in [0.2, 0.25) is 0 Å². The van der Waals surface area contributed by atoms with E-state index in [1.165, 1.54) is 5.56 Å². The molecule has 178 valence electrons. The van der Waals surface area contributed by atoms with Crippen LogP contribution in [-0.2, 0) is 17.8 Å². The minimum absolute atomic E-state index is 0.156. The van der Waals surface area contributed by atoms with Crippen molar-refractivity contribution in [1.82, 2.24) is 5.32 Å². The summed E-state index contributed by atoms with van der Waals surface area (Å²) in [4.78, 5) is 23.6. The Hall–Kier alpha value is -3.48. The molecular formula is C28H33N3O3. The van der Waals surface area contributed by atoms with E-state index in [1.807, 2.05) is 12.1 Å². The summed E-state index contributed by atoms with van der Waals surface area (Å²) in [5, 5.41) is 12.0. The highest BCUT2D eigenvalue weighted by molar-refractivity contribution is 5.94. The van der Waals surface area contributed by atoms with Gasteiger partial charge in [-0.05, 0) is 52.3 Å². The zero-order chi connectivity index (χ0) is 24.7. The molecule has 3 rings (SSSR count). The van der Waals surface area contributed by atoms with Crippen LogP contribution in [0.3, 0.4) is 0 Å². The lowest BCUT2D eigenvalue weighted by molar-refractivity contribution is -0.138. The third-order valence-electron chi connectivity index (χ3n) is 6.14. The average Bonchev–Trinajstić information content (AvgIpc) is 2.84. The van der Waals surface area contributed by atoms with Crippen LogP contribution in [0.1, 0.15) is 46.8 Å². The zero-order valence-electron chi connectivity index (χ0n) is 19.7. The second-order valence-corrected chi connectivity index (χ2v) is 8.93. The van der Waals surface area contributed by atoms with E-state index >= 15 is 0 Å². The lowest BCUT2D eigenvalue weighted by atomic mass is 9.87. The smallest absolute Gasteiger partial charge is 0.320 e. The first-order chi connectivity index (χ1) is 16.3. The van der Waals surface area contributed by atoms with Crippen LogP contribution in [0.2, 0.25) is 0 Å². The van der Waals surface area contributed by atoms with Crippen LogP contribution in [0.25, 0.3) is 11.1 Å². The zero-order valence-corrected chi connectivity index (χ0v) is 19.7. The fraction of sp³-hybridized carbons (Fsp3) is 0.286. The van der Waals surface area contributed by atoms with E-state index in [2.05, 4.69) is 55.6 Å². The van der Waals surface area contributed by atoms with Crippen molar-refractivity contribution in [1.29, 1.82) is 0 Å². The maximum Gasteiger partial charge on any atom is 0.320 e. The summed E-state index contributed by atoms with van der Waals surface area (Å²) in [7, 11) is 0. The molecule has 6 heteroatoms. The monoisotopic (exact) mass is 459 g/mol. The number of hydrogen-bond acceptors (Lipinski definition) is 4. The summed E-state index contributed by atoms with van der Waals surface area (Å²) >= 11 is 0. The van der Waals surface area contributed by atoms with Gasteiger partial charge >= 0.3 is 5.97 Å². The van der Waals surface area contributed by atoms with Gasteiger partial charge in [-0.2, -0.15) is 0 Å². The van der Waals surface area contributed by atoms with Gasteiger partial charge in [0.1, 0.15) is 6.04 Å². The predicted octanol–water partition coefficient (Wildman–Crippen LogP) is 3.94. The maximum absolute atomic E-state index is 12.7. The highest BCUT2D eigenvalue weighted by Gasteiger charge is 2.18. The van der Waals surface area contributed by atoms with Crippen molar-refractivity contribution >= 4 is 11.9 Å². The van der Waals surface area contributed by atoms with Crippen LogP contribution < -0.4 is 16.8 Å². The van der Waals surface area contributed by atoms with Crippen LogP contribution in [0.15, 0.2) is 72.8 Å². The van der Waals surface area contributed by atoms with Gasteiger partial charge in [-0.3, -0.25) is 9.59 Å². The number of amides is 1. The fourth-order valence-corrected chi connectivity index (χ4v) is 3.93. The quantitative estimate of drug-likeness (QED) is 0.366. The Morgan fingerprint density at radius 2 is 1.38 bits per heavy atom. The predicted molar refractivity (Wildman–Crippen MR) is 135 cm³/mol. The molecule has 3 aromatic carbocycles. The van der Waals surface area contributed by atoms with Gasteiger partial charge in [-0.25, -0.2) is 0 Å². The number of carbonyl (C=O) groups excluding carboxylic acids is 1. The summed E-state index contributed by atoms with van der Waals surface area (Å²) in [6.07, 6.45) is 0.222. The number of hydrogen-bond donors (Lipinski definition) is 4. The number of benzene rings is 3. The van der Waals surface area contributed by atoms with Crippen LogP contribution in [0, 0.1) is 5.92 Å². The van der Waals surface area contributed by atoms with Gasteiger partial charge in [0.15, 0.2) is 0 Å². The van der Waals surface area contributed by atoms with Gasteiger partial charge in [0.25, 0.3) is 5.91 Å². The molecule has 6 N–H and O–H groups in total. The third kappa shape index (κ3) is 6.53. The van der Waals surface area contributed by atoms with E-state index < -0.39 is 12.0 Å². The SMILES string of the molecule is CC(C)[C@@H](CNC(=O)c1ccc(C[C@@H](N)C(=O)O)cc1)c1ccc(-c2ccc(CN)cc2)cc1. The summed E-state index contributed by atoms with van der Waals surface area (Å²) < 4.78 is 0. The lowest BCUT2D eigenvalue weighted by Gasteiger charge is -2.22. The summed E-state index contributed by atoms with van der Waals surface area (Å²) in [6, 6.07) is 22.7. The van der Waals surface area contributed by atoms with Gasteiger partial charge < -0.3 is 21.9 Å². The normalized spacial score (nSPS) is 12.9. The van der Waals surface area contributed by atoms with Gasteiger partial charge in [-0.15, -0.1) is 0 Å². The summed E-state index contributed by atoms with van der Waals surface area (Å²) in [6.45, 7) is 5.35. The van der Waals surface area contributed by atoms with E-state index in [-0.39, 0.29) is 18.2 Å². The Labute approximate surface area is 201 Å². The van der Waals surface area contributed by atoms with Crippen molar-refractivity contribution in [2.45, 2.75) is 38.8 Å². The van der Waals surface area contributed by atoms with Crippen molar-refractivity contribution in [3.8, 4) is 11.1 Å². The van der Waals surface area contributed by atoms with Crippen molar-refractivity contribution < 1.29 is 14.7 Å². The summed E-state index contributed by atoms with van der Waals surface area (Å²) in [5.41, 5.74) is 17.2. The lowest BCUT2D eigenvalue weighted by Crippen LogP contribution is -2.32. The second kappa shape index (κ2) is 11.6. The topological polar surface area (TPSA) is 118 Å². The number of aliphatic carboxylic acids is 1. The number of nitrogens with one attached hydrogen (secondary N) is 1. The Morgan fingerprint density at radius 1 is 0.853 bits per heavy atom. The first-order valence-electron chi connectivity index (χ1n) is 11.5. The molecule has 0 bridgehead atoms. The number of carboxylic acid groups (broad SMARTS) is 1. The third-order valence-corrected chi connectivity index (χ3v) is 6.14.